The number of benzene rings is 1. The molecule has 1 aliphatic carbocycles. The summed E-state index contributed by atoms with van der Waals surface area (Å²) < 4.78 is 39.3. The average molecular weight is 403 g/mol. The minimum atomic E-state index is -4.44. The molecule has 152 valence electrons. The van der Waals surface area contributed by atoms with Crippen LogP contribution in [0.5, 0.6) is 0 Å². The SMILES string of the molecule is O=C(NC1CCC1)N1c2nc(-c3cccc(C(F)(F)F)c3)ncc2N2CC[C@H]1C2. The van der Waals surface area contributed by atoms with Gasteiger partial charge in [-0.15, -0.1) is 0 Å². The Morgan fingerprint density at radius 1 is 1.21 bits per heavy atom. The molecule has 3 aliphatic rings. The first kappa shape index (κ1) is 18.2. The van der Waals surface area contributed by atoms with Crippen LogP contribution in [0.1, 0.15) is 31.2 Å². The lowest BCUT2D eigenvalue weighted by Crippen LogP contribution is -2.54. The number of nitrogens with one attached hydrogen (secondary N) is 1. The molecular weight excluding hydrogens is 383 g/mol. The quantitative estimate of drug-likeness (QED) is 0.828. The van der Waals surface area contributed by atoms with Gasteiger partial charge < -0.3 is 10.2 Å². The first-order valence-corrected chi connectivity index (χ1v) is 9.79. The Labute approximate surface area is 165 Å². The number of hydrogen-bond acceptors (Lipinski definition) is 4. The number of rotatable bonds is 2. The van der Waals surface area contributed by atoms with Crippen LogP contribution in [0, 0.1) is 0 Å². The van der Waals surface area contributed by atoms with Crippen molar-refractivity contribution in [3.8, 4) is 11.4 Å². The summed E-state index contributed by atoms with van der Waals surface area (Å²) in [6.45, 7) is 1.52. The zero-order valence-electron chi connectivity index (χ0n) is 15.6. The predicted octanol–water partition coefficient (Wildman–Crippen LogP) is 3.82. The van der Waals surface area contributed by atoms with Crippen molar-refractivity contribution >= 4 is 17.5 Å². The summed E-state index contributed by atoms with van der Waals surface area (Å²) in [6, 6.07) is 4.96. The predicted molar refractivity (Wildman–Crippen MR) is 102 cm³/mol. The summed E-state index contributed by atoms with van der Waals surface area (Å²) in [5.41, 5.74) is 0.271. The van der Waals surface area contributed by atoms with Crippen LogP contribution in [0.4, 0.5) is 29.5 Å². The molecule has 6 nitrogen and oxygen atoms in total. The van der Waals surface area contributed by atoms with Crippen LogP contribution < -0.4 is 15.1 Å². The van der Waals surface area contributed by atoms with Gasteiger partial charge in [0.15, 0.2) is 11.6 Å². The number of alkyl halides is 3. The van der Waals surface area contributed by atoms with Gasteiger partial charge in [0.2, 0.25) is 0 Å². The van der Waals surface area contributed by atoms with E-state index in [-0.39, 0.29) is 29.5 Å². The minimum Gasteiger partial charge on any atom is -0.365 e. The third kappa shape index (κ3) is 3.18. The topological polar surface area (TPSA) is 61.4 Å². The van der Waals surface area contributed by atoms with E-state index in [2.05, 4.69) is 20.2 Å². The molecule has 2 aliphatic heterocycles. The first-order chi connectivity index (χ1) is 13.9. The van der Waals surface area contributed by atoms with Crippen LogP contribution in [-0.4, -0.2) is 41.2 Å². The van der Waals surface area contributed by atoms with E-state index in [9.17, 15) is 18.0 Å². The van der Waals surface area contributed by atoms with Gasteiger partial charge in [0.25, 0.3) is 0 Å². The maximum Gasteiger partial charge on any atom is 0.416 e. The Kier molecular flexibility index (Phi) is 4.15. The lowest BCUT2D eigenvalue weighted by molar-refractivity contribution is -0.137. The summed E-state index contributed by atoms with van der Waals surface area (Å²) in [5, 5.41) is 3.06. The molecule has 2 amide bonds. The molecule has 2 fully saturated rings. The van der Waals surface area contributed by atoms with Gasteiger partial charge in [-0.3, -0.25) is 4.90 Å². The molecule has 9 heteroatoms. The highest BCUT2D eigenvalue weighted by atomic mass is 19.4. The van der Waals surface area contributed by atoms with E-state index in [1.165, 1.54) is 6.07 Å². The molecule has 3 heterocycles. The van der Waals surface area contributed by atoms with Crippen molar-refractivity contribution in [2.45, 2.75) is 43.9 Å². The summed E-state index contributed by atoms with van der Waals surface area (Å²) in [5.74, 6) is 0.650. The fourth-order valence-electron chi connectivity index (χ4n) is 4.14. The Morgan fingerprint density at radius 2 is 2.03 bits per heavy atom. The number of fused-ring (bicyclic) bond motifs is 4. The molecule has 29 heavy (non-hydrogen) atoms. The molecule has 5 rings (SSSR count). The molecule has 1 saturated heterocycles. The van der Waals surface area contributed by atoms with Crippen molar-refractivity contribution in [3.63, 3.8) is 0 Å². The second-order valence-electron chi connectivity index (χ2n) is 7.82. The normalized spacial score (nSPS) is 21.0. The third-order valence-electron chi connectivity index (χ3n) is 5.95. The lowest BCUT2D eigenvalue weighted by Gasteiger charge is -2.37. The largest absolute Gasteiger partial charge is 0.416 e. The van der Waals surface area contributed by atoms with Crippen LogP contribution in [0.3, 0.4) is 0 Å². The third-order valence-corrected chi connectivity index (χ3v) is 5.95. The number of halogens is 3. The molecule has 2 bridgehead atoms. The van der Waals surface area contributed by atoms with Gasteiger partial charge in [-0.05, 0) is 37.8 Å². The number of nitrogens with zero attached hydrogens (tertiary/aromatic N) is 4. The highest BCUT2D eigenvalue weighted by molar-refractivity contribution is 5.97. The van der Waals surface area contributed by atoms with Crippen LogP contribution in [0.2, 0.25) is 0 Å². The van der Waals surface area contributed by atoms with E-state index >= 15 is 0 Å². The van der Waals surface area contributed by atoms with Crippen LogP contribution in [-0.2, 0) is 6.18 Å². The Balaban J connectivity index is 1.53. The van der Waals surface area contributed by atoms with Gasteiger partial charge in [-0.1, -0.05) is 12.1 Å². The van der Waals surface area contributed by atoms with Crippen LogP contribution in [0.15, 0.2) is 30.5 Å². The number of hydrogen-bond donors (Lipinski definition) is 1. The second-order valence-corrected chi connectivity index (χ2v) is 7.82. The molecule has 1 atom stereocenters. The molecule has 0 radical (unpaired) electrons. The molecule has 1 aromatic carbocycles. The lowest BCUT2D eigenvalue weighted by atomic mass is 9.93. The van der Waals surface area contributed by atoms with Crippen LogP contribution >= 0.6 is 0 Å². The summed E-state index contributed by atoms with van der Waals surface area (Å²) in [6.07, 6.45) is 1.06. The van der Waals surface area contributed by atoms with Crippen molar-refractivity contribution < 1.29 is 18.0 Å². The maximum absolute atomic E-state index is 13.1. The van der Waals surface area contributed by atoms with Gasteiger partial charge >= 0.3 is 12.2 Å². The van der Waals surface area contributed by atoms with Crippen LogP contribution in [0.25, 0.3) is 11.4 Å². The van der Waals surface area contributed by atoms with Gasteiger partial charge in [-0.25, -0.2) is 14.8 Å². The summed E-state index contributed by atoms with van der Waals surface area (Å²) in [4.78, 5) is 25.6. The molecule has 1 saturated carbocycles. The Bertz CT molecular complexity index is 959. The molecule has 1 aromatic heterocycles. The van der Waals surface area contributed by atoms with E-state index in [1.807, 2.05) is 0 Å². The summed E-state index contributed by atoms with van der Waals surface area (Å²) in [7, 11) is 0. The molecular formula is C20H20F3N5O. The fourth-order valence-corrected chi connectivity index (χ4v) is 4.14. The van der Waals surface area contributed by atoms with Crippen molar-refractivity contribution in [1.29, 1.82) is 0 Å². The fraction of sp³-hybridized carbons (Fsp3) is 0.450. The first-order valence-electron chi connectivity index (χ1n) is 9.79. The zero-order valence-corrected chi connectivity index (χ0v) is 15.6. The average Bonchev–Trinajstić information content (AvgIpc) is 3.08. The van der Waals surface area contributed by atoms with Gasteiger partial charge in [0.1, 0.15) is 0 Å². The standard InChI is InChI=1S/C20H20F3N5O/c21-20(22,23)13-4-1-3-12(9-13)17-24-10-16-18(26-17)28(15-7-8-27(16)11-15)19(29)25-14-5-2-6-14/h1,3-4,9-10,14-15H,2,5-8,11H2,(H,25,29)/t15-/m0/s1. The van der Waals surface area contributed by atoms with Gasteiger partial charge in [-0.2, -0.15) is 13.2 Å². The monoisotopic (exact) mass is 403 g/mol. The number of carbonyl (C=O) groups excluding carboxylic acids is 1. The van der Waals surface area contributed by atoms with Crippen molar-refractivity contribution in [3.05, 3.63) is 36.0 Å². The van der Waals surface area contributed by atoms with E-state index in [0.717, 1.165) is 56.6 Å². The van der Waals surface area contributed by atoms with E-state index < -0.39 is 11.7 Å². The van der Waals surface area contributed by atoms with E-state index in [0.29, 0.717) is 5.82 Å². The van der Waals surface area contributed by atoms with Crippen molar-refractivity contribution in [2.24, 2.45) is 0 Å². The smallest absolute Gasteiger partial charge is 0.365 e. The highest BCUT2D eigenvalue weighted by Gasteiger charge is 2.41. The van der Waals surface area contributed by atoms with Gasteiger partial charge in [0.05, 0.1) is 23.5 Å². The van der Waals surface area contributed by atoms with Gasteiger partial charge in [0, 0.05) is 24.7 Å². The maximum atomic E-state index is 13.1. The van der Waals surface area contributed by atoms with Crippen molar-refractivity contribution in [1.82, 2.24) is 15.3 Å². The summed E-state index contributed by atoms with van der Waals surface area (Å²) >= 11 is 0. The number of amides is 2. The Morgan fingerprint density at radius 3 is 2.76 bits per heavy atom. The zero-order chi connectivity index (χ0) is 20.2. The van der Waals surface area contributed by atoms with E-state index in [4.69, 9.17) is 0 Å². The molecule has 0 unspecified atom stereocenters. The number of carbonyl (C=O) groups is 1. The minimum absolute atomic E-state index is 0.00633. The Hall–Kier alpha value is -2.84. The highest BCUT2D eigenvalue weighted by Crippen LogP contribution is 2.40. The molecule has 1 N–H and O–H groups in total. The molecule has 0 spiro atoms. The van der Waals surface area contributed by atoms with E-state index in [1.54, 1.807) is 17.2 Å². The number of aromatic nitrogens is 2. The number of anilines is 2. The second kappa shape index (κ2) is 6.60. The van der Waals surface area contributed by atoms with Crippen molar-refractivity contribution in [2.75, 3.05) is 22.9 Å². The number of urea groups is 1. The molecule has 2 aromatic rings.